The van der Waals surface area contributed by atoms with Gasteiger partial charge in [-0.15, -0.1) is 0 Å². The molecular formula is C17H25NO2. The van der Waals surface area contributed by atoms with Gasteiger partial charge in [0.2, 0.25) is 0 Å². The molecule has 110 valence electrons. The molecule has 1 fully saturated rings. The molecule has 2 unspecified atom stereocenters. The first kappa shape index (κ1) is 14.9. The number of anilines is 1. The van der Waals surface area contributed by atoms with Crippen LogP contribution < -0.4 is 5.32 Å². The van der Waals surface area contributed by atoms with E-state index in [1.807, 2.05) is 18.2 Å². The van der Waals surface area contributed by atoms with Crippen molar-refractivity contribution in [2.45, 2.75) is 51.5 Å². The third-order valence-corrected chi connectivity index (χ3v) is 4.53. The van der Waals surface area contributed by atoms with Gasteiger partial charge < -0.3 is 10.1 Å². The maximum Gasteiger partial charge on any atom is 0.331 e. The van der Waals surface area contributed by atoms with Gasteiger partial charge in [-0.2, -0.15) is 0 Å². The fourth-order valence-corrected chi connectivity index (χ4v) is 3.25. The monoisotopic (exact) mass is 275 g/mol. The Morgan fingerprint density at radius 2 is 2.20 bits per heavy atom. The SMILES string of the molecule is CCC1CCCC(Nc2ccccc2C)(C(=O)OC)C1. The molecule has 0 amide bonds. The highest BCUT2D eigenvalue weighted by atomic mass is 16.5. The normalized spacial score (nSPS) is 26.1. The van der Waals surface area contributed by atoms with Crippen molar-refractivity contribution in [3.05, 3.63) is 29.8 Å². The van der Waals surface area contributed by atoms with E-state index in [1.54, 1.807) is 0 Å². The zero-order chi connectivity index (χ0) is 14.6. The Labute approximate surface area is 121 Å². The first-order chi connectivity index (χ1) is 9.61. The standard InChI is InChI=1S/C17H25NO2/c1-4-14-9-7-11-17(12-14,16(19)20-3)18-15-10-6-5-8-13(15)2/h5-6,8,10,14,18H,4,7,9,11-12H2,1-3H3. The van der Waals surface area contributed by atoms with Gasteiger partial charge in [0.05, 0.1) is 7.11 Å². The maximum absolute atomic E-state index is 12.4. The van der Waals surface area contributed by atoms with Crippen LogP contribution in [0, 0.1) is 12.8 Å². The van der Waals surface area contributed by atoms with Crippen molar-refractivity contribution in [2.24, 2.45) is 5.92 Å². The van der Waals surface area contributed by atoms with Gasteiger partial charge in [0.15, 0.2) is 0 Å². The van der Waals surface area contributed by atoms with Crippen molar-refractivity contribution >= 4 is 11.7 Å². The van der Waals surface area contributed by atoms with Crippen LogP contribution in [-0.2, 0) is 9.53 Å². The van der Waals surface area contributed by atoms with Gasteiger partial charge in [-0.1, -0.05) is 44.4 Å². The summed E-state index contributed by atoms with van der Waals surface area (Å²) in [5, 5.41) is 3.50. The molecule has 0 saturated heterocycles. The molecule has 0 bridgehead atoms. The number of nitrogens with one attached hydrogen (secondary N) is 1. The molecule has 0 aliphatic heterocycles. The lowest BCUT2D eigenvalue weighted by molar-refractivity contribution is -0.147. The first-order valence-electron chi connectivity index (χ1n) is 7.53. The summed E-state index contributed by atoms with van der Waals surface area (Å²) in [6.07, 6.45) is 5.13. The van der Waals surface area contributed by atoms with E-state index in [1.165, 1.54) is 13.5 Å². The van der Waals surface area contributed by atoms with E-state index in [9.17, 15) is 4.79 Å². The number of ether oxygens (including phenoxy) is 1. The number of hydrogen-bond acceptors (Lipinski definition) is 3. The minimum atomic E-state index is -0.556. The number of aryl methyl sites for hydroxylation is 1. The topological polar surface area (TPSA) is 38.3 Å². The molecule has 3 nitrogen and oxygen atoms in total. The molecular weight excluding hydrogens is 250 g/mol. The van der Waals surface area contributed by atoms with E-state index in [0.29, 0.717) is 5.92 Å². The number of para-hydroxylation sites is 1. The molecule has 1 aliphatic rings. The van der Waals surface area contributed by atoms with Gasteiger partial charge in [-0.25, -0.2) is 4.79 Å². The van der Waals surface area contributed by atoms with Crippen molar-refractivity contribution in [3.8, 4) is 0 Å². The second kappa shape index (κ2) is 6.29. The van der Waals surface area contributed by atoms with Crippen LogP contribution in [0.4, 0.5) is 5.69 Å². The van der Waals surface area contributed by atoms with Gasteiger partial charge in [0, 0.05) is 5.69 Å². The lowest BCUT2D eigenvalue weighted by Crippen LogP contribution is -2.50. The third-order valence-electron chi connectivity index (χ3n) is 4.53. The van der Waals surface area contributed by atoms with Crippen LogP contribution in [0.15, 0.2) is 24.3 Å². The van der Waals surface area contributed by atoms with Crippen LogP contribution in [-0.4, -0.2) is 18.6 Å². The summed E-state index contributed by atoms with van der Waals surface area (Å²) >= 11 is 0. The number of benzene rings is 1. The van der Waals surface area contributed by atoms with Crippen LogP contribution in [0.25, 0.3) is 0 Å². The van der Waals surface area contributed by atoms with Gasteiger partial charge in [0.1, 0.15) is 5.54 Å². The fraction of sp³-hybridized carbons (Fsp3) is 0.588. The van der Waals surface area contributed by atoms with E-state index in [4.69, 9.17) is 4.74 Å². The summed E-state index contributed by atoms with van der Waals surface area (Å²) in [6, 6.07) is 8.12. The molecule has 0 aromatic heterocycles. The van der Waals surface area contributed by atoms with E-state index < -0.39 is 5.54 Å². The zero-order valence-corrected chi connectivity index (χ0v) is 12.7. The lowest BCUT2D eigenvalue weighted by atomic mass is 9.74. The summed E-state index contributed by atoms with van der Waals surface area (Å²) in [5.74, 6) is 0.471. The van der Waals surface area contributed by atoms with Crippen molar-refractivity contribution in [2.75, 3.05) is 12.4 Å². The molecule has 0 radical (unpaired) electrons. The average molecular weight is 275 g/mol. The van der Waals surface area contributed by atoms with Crippen LogP contribution >= 0.6 is 0 Å². The quantitative estimate of drug-likeness (QED) is 0.846. The zero-order valence-electron chi connectivity index (χ0n) is 12.7. The highest BCUT2D eigenvalue weighted by molar-refractivity contribution is 5.85. The lowest BCUT2D eigenvalue weighted by Gasteiger charge is -2.40. The molecule has 1 saturated carbocycles. The van der Waals surface area contributed by atoms with Gasteiger partial charge in [-0.3, -0.25) is 0 Å². The van der Waals surface area contributed by atoms with Gasteiger partial charge >= 0.3 is 5.97 Å². The highest BCUT2D eigenvalue weighted by Gasteiger charge is 2.43. The number of hydrogen-bond donors (Lipinski definition) is 1. The van der Waals surface area contributed by atoms with Crippen molar-refractivity contribution < 1.29 is 9.53 Å². The molecule has 3 heteroatoms. The Kier molecular flexibility index (Phi) is 4.69. The van der Waals surface area contributed by atoms with E-state index in [0.717, 1.165) is 36.9 Å². The van der Waals surface area contributed by atoms with Crippen LogP contribution in [0.1, 0.15) is 44.6 Å². The Balaban J connectivity index is 2.28. The number of carbonyl (C=O) groups excluding carboxylic acids is 1. The predicted molar refractivity (Wildman–Crippen MR) is 81.8 cm³/mol. The molecule has 1 N–H and O–H groups in total. The molecule has 20 heavy (non-hydrogen) atoms. The van der Waals surface area contributed by atoms with E-state index >= 15 is 0 Å². The fourth-order valence-electron chi connectivity index (χ4n) is 3.25. The molecule has 2 rings (SSSR count). The van der Waals surface area contributed by atoms with Crippen LogP contribution in [0.5, 0.6) is 0 Å². The van der Waals surface area contributed by atoms with Crippen molar-refractivity contribution in [3.63, 3.8) is 0 Å². The van der Waals surface area contributed by atoms with Crippen molar-refractivity contribution in [1.29, 1.82) is 0 Å². The van der Waals surface area contributed by atoms with Gasteiger partial charge in [-0.05, 0) is 37.3 Å². The second-order valence-electron chi connectivity index (χ2n) is 5.88. The molecule has 1 aromatic carbocycles. The summed E-state index contributed by atoms with van der Waals surface area (Å²) < 4.78 is 5.10. The number of carbonyl (C=O) groups is 1. The maximum atomic E-state index is 12.4. The highest BCUT2D eigenvalue weighted by Crippen LogP contribution is 2.38. The van der Waals surface area contributed by atoms with Crippen molar-refractivity contribution in [1.82, 2.24) is 0 Å². The van der Waals surface area contributed by atoms with Gasteiger partial charge in [0.25, 0.3) is 0 Å². The minimum Gasteiger partial charge on any atom is -0.467 e. The first-order valence-corrected chi connectivity index (χ1v) is 7.53. The smallest absolute Gasteiger partial charge is 0.331 e. The predicted octanol–water partition coefficient (Wildman–Crippen LogP) is 3.92. The molecule has 1 aromatic rings. The van der Waals surface area contributed by atoms with E-state index in [2.05, 4.69) is 25.2 Å². The Morgan fingerprint density at radius 1 is 1.45 bits per heavy atom. The summed E-state index contributed by atoms with van der Waals surface area (Å²) in [7, 11) is 1.49. The largest absolute Gasteiger partial charge is 0.467 e. The average Bonchev–Trinajstić information content (AvgIpc) is 2.49. The third kappa shape index (κ3) is 2.97. The summed E-state index contributed by atoms with van der Waals surface area (Å²) in [6.45, 7) is 4.26. The second-order valence-corrected chi connectivity index (χ2v) is 5.88. The number of rotatable bonds is 4. The molecule has 0 heterocycles. The molecule has 1 aliphatic carbocycles. The van der Waals surface area contributed by atoms with Crippen LogP contribution in [0.2, 0.25) is 0 Å². The molecule has 0 spiro atoms. The Morgan fingerprint density at radius 3 is 2.85 bits per heavy atom. The number of esters is 1. The number of methoxy groups -OCH3 is 1. The Bertz CT molecular complexity index is 472. The Hall–Kier alpha value is -1.51. The van der Waals surface area contributed by atoms with E-state index in [-0.39, 0.29) is 5.97 Å². The molecule has 2 atom stereocenters. The summed E-state index contributed by atoms with van der Waals surface area (Å²) in [5.41, 5.74) is 1.64. The van der Waals surface area contributed by atoms with Crippen LogP contribution in [0.3, 0.4) is 0 Å². The summed E-state index contributed by atoms with van der Waals surface area (Å²) in [4.78, 5) is 12.4. The minimum absolute atomic E-state index is 0.126.